The molecule has 0 aromatic heterocycles. The van der Waals surface area contributed by atoms with Crippen molar-refractivity contribution in [3.05, 3.63) is 35.4 Å². The number of carbonyl (C=O) groups excluding carboxylic acids is 1. The van der Waals surface area contributed by atoms with Crippen LogP contribution in [0.25, 0.3) is 0 Å². The second kappa shape index (κ2) is 6.20. The maximum Gasteiger partial charge on any atom is 0.221 e. The Balaban J connectivity index is 2.32. The summed E-state index contributed by atoms with van der Waals surface area (Å²) in [5, 5.41) is 11.5. The molecule has 0 unspecified atom stereocenters. The molecule has 1 rings (SSSR count). The van der Waals surface area contributed by atoms with Crippen molar-refractivity contribution in [1.29, 1.82) is 5.26 Å². The van der Waals surface area contributed by atoms with E-state index in [2.05, 4.69) is 42.6 Å². The molecule has 3 nitrogen and oxygen atoms in total. The van der Waals surface area contributed by atoms with Gasteiger partial charge in [0, 0.05) is 6.42 Å². The molecule has 1 aromatic rings. The molecule has 1 aromatic carbocycles. The summed E-state index contributed by atoms with van der Waals surface area (Å²) in [5.41, 5.74) is 1.71. The lowest BCUT2D eigenvalue weighted by molar-refractivity contribution is -0.122. The number of hydrogen-bond acceptors (Lipinski definition) is 2. The van der Waals surface area contributed by atoms with Gasteiger partial charge in [0.05, 0.1) is 6.07 Å². The lowest BCUT2D eigenvalue weighted by Crippen LogP contribution is -2.41. The van der Waals surface area contributed by atoms with E-state index in [-0.39, 0.29) is 5.91 Å². The Labute approximate surface area is 109 Å². The predicted octanol–water partition coefficient (Wildman–Crippen LogP) is 2.74. The van der Waals surface area contributed by atoms with Gasteiger partial charge in [0.25, 0.3) is 0 Å². The first-order chi connectivity index (χ1) is 8.43. The first-order valence-electron chi connectivity index (χ1n) is 6.21. The number of aryl methyl sites for hydroxylation is 2. The second-order valence-electron chi connectivity index (χ2n) is 5.12. The summed E-state index contributed by atoms with van der Waals surface area (Å²) >= 11 is 0. The van der Waals surface area contributed by atoms with Crippen LogP contribution in [0, 0.1) is 18.3 Å². The normalized spacial score (nSPS) is 10.8. The van der Waals surface area contributed by atoms with Crippen molar-refractivity contribution in [2.75, 3.05) is 0 Å². The van der Waals surface area contributed by atoms with E-state index in [1.807, 2.05) is 0 Å². The molecule has 0 radical (unpaired) electrons. The van der Waals surface area contributed by atoms with Crippen molar-refractivity contribution in [2.45, 2.75) is 45.6 Å². The first-order valence-corrected chi connectivity index (χ1v) is 6.21. The lowest BCUT2D eigenvalue weighted by atomic mass is 10.0. The second-order valence-corrected chi connectivity index (χ2v) is 5.12. The summed E-state index contributed by atoms with van der Waals surface area (Å²) in [6.45, 7) is 5.46. The fourth-order valence-electron chi connectivity index (χ4n) is 1.65. The van der Waals surface area contributed by atoms with Gasteiger partial charge in [0.1, 0.15) is 5.54 Å². The Bertz CT molecular complexity index is 441. The van der Waals surface area contributed by atoms with Crippen molar-refractivity contribution >= 4 is 5.91 Å². The van der Waals surface area contributed by atoms with Gasteiger partial charge in [0.15, 0.2) is 0 Å². The molecule has 1 amide bonds. The molecule has 0 fully saturated rings. The van der Waals surface area contributed by atoms with Gasteiger partial charge in [-0.2, -0.15) is 5.26 Å². The summed E-state index contributed by atoms with van der Waals surface area (Å²) in [6.07, 6.45) is 2.15. The largest absolute Gasteiger partial charge is 0.338 e. The molecule has 18 heavy (non-hydrogen) atoms. The standard InChI is InChI=1S/C15H20N2O/c1-12-7-9-13(10-8-12)5-4-6-14(18)17-15(2,3)11-16/h7-10H,4-6H2,1-3H3,(H,17,18). The molecule has 1 N–H and O–H groups in total. The van der Waals surface area contributed by atoms with E-state index in [0.717, 1.165) is 12.8 Å². The highest BCUT2D eigenvalue weighted by Crippen LogP contribution is 2.08. The number of benzene rings is 1. The van der Waals surface area contributed by atoms with Crippen molar-refractivity contribution in [2.24, 2.45) is 0 Å². The van der Waals surface area contributed by atoms with E-state index >= 15 is 0 Å². The third-order valence-corrected chi connectivity index (χ3v) is 2.72. The molecule has 0 bridgehead atoms. The summed E-state index contributed by atoms with van der Waals surface area (Å²) in [7, 11) is 0. The molecule has 0 heterocycles. The third kappa shape index (κ3) is 5.01. The number of amides is 1. The molecule has 0 spiro atoms. The van der Waals surface area contributed by atoms with Crippen LogP contribution in [0.1, 0.15) is 37.8 Å². The van der Waals surface area contributed by atoms with Crippen LogP contribution in [0.4, 0.5) is 0 Å². The minimum Gasteiger partial charge on any atom is -0.338 e. The van der Waals surface area contributed by atoms with Crippen LogP contribution in [-0.2, 0) is 11.2 Å². The Morgan fingerprint density at radius 1 is 1.33 bits per heavy atom. The van der Waals surface area contributed by atoms with Gasteiger partial charge >= 0.3 is 0 Å². The van der Waals surface area contributed by atoms with Crippen LogP contribution >= 0.6 is 0 Å². The summed E-state index contributed by atoms with van der Waals surface area (Å²) < 4.78 is 0. The van der Waals surface area contributed by atoms with Crippen molar-refractivity contribution in [3.63, 3.8) is 0 Å². The molecule has 3 heteroatoms. The number of rotatable bonds is 5. The van der Waals surface area contributed by atoms with Crippen LogP contribution < -0.4 is 5.32 Å². The molecule has 0 atom stereocenters. The zero-order chi connectivity index (χ0) is 13.6. The molecule has 0 saturated heterocycles. The molecular weight excluding hydrogens is 224 g/mol. The summed E-state index contributed by atoms with van der Waals surface area (Å²) in [6, 6.07) is 10.4. The van der Waals surface area contributed by atoms with E-state index in [0.29, 0.717) is 6.42 Å². The Morgan fingerprint density at radius 2 is 1.94 bits per heavy atom. The Hall–Kier alpha value is -1.82. The van der Waals surface area contributed by atoms with Crippen LogP contribution in [-0.4, -0.2) is 11.4 Å². The molecule has 0 aliphatic rings. The highest BCUT2D eigenvalue weighted by molar-refractivity contribution is 5.77. The van der Waals surface area contributed by atoms with E-state index in [1.165, 1.54) is 11.1 Å². The van der Waals surface area contributed by atoms with Crippen molar-refractivity contribution in [3.8, 4) is 6.07 Å². The molecule has 0 saturated carbocycles. The fraction of sp³-hybridized carbons (Fsp3) is 0.467. The van der Waals surface area contributed by atoms with Gasteiger partial charge in [-0.05, 0) is 39.2 Å². The van der Waals surface area contributed by atoms with E-state index < -0.39 is 5.54 Å². The SMILES string of the molecule is Cc1ccc(CCCC(=O)NC(C)(C)C#N)cc1. The summed E-state index contributed by atoms with van der Waals surface area (Å²) in [5.74, 6) is -0.0614. The summed E-state index contributed by atoms with van der Waals surface area (Å²) in [4.78, 5) is 11.6. The number of hydrogen-bond donors (Lipinski definition) is 1. The number of nitriles is 1. The van der Waals surface area contributed by atoms with Crippen LogP contribution in [0.2, 0.25) is 0 Å². The van der Waals surface area contributed by atoms with Gasteiger partial charge in [-0.1, -0.05) is 29.8 Å². The molecule has 0 aliphatic carbocycles. The monoisotopic (exact) mass is 244 g/mol. The number of nitrogens with zero attached hydrogens (tertiary/aromatic N) is 1. The maximum atomic E-state index is 11.6. The van der Waals surface area contributed by atoms with Crippen LogP contribution in [0.3, 0.4) is 0 Å². The Morgan fingerprint density at radius 3 is 2.50 bits per heavy atom. The van der Waals surface area contributed by atoms with Crippen molar-refractivity contribution in [1.82, 2.24) is 5.32 Å². The molecular formula is C15H20N2O. The topological polar surface area (TPSA) is 52.9 Å². The van der Waals surface area contributed by atoms with Gasteiger partial charge in [-0.15, -0.1) is 0 Å². The molecule has 96 valence electrons. The number of nitrogens with one attached hydrogen (secondary N) is 1. The van der Waals surface area contributed by atoms with Gasteiger partial charge < -0.3 is 5.32 Å². The molecule has 0 aliphatic heterocycles. The van der Waals surface area contributed by atoms with E-state index in [4.69, 9.17) is 5.26 Å². The first kappa shape index (κ1) is 14.2. The van der Waals surface area contributed by atoms with Crippen LogP contribution in [0.15, 0.2) is 24.3 Å². The predicted molar refractivity (Wildman–Crippen MR) is 72.0 cm³/mol. The Kier molecular flexibility index (Phi) is 4.91. The highest BCUT2D eigenvalue weighted by atomic mass is 16.1. The van der Waals surface area contributed by atoms with E-state index in [1.54, 1.807) is 13.8 Å². The smallest absolute Gasteiger partial charge is 0.221 e. The zero-order valence-corrected chi connectivity index (χ0v) is 11.3. The zero-order valence-electron chi connectivity index (χ0n) is 11.3. The van der Waals surface area contributed by atoms with Gasteiger partial charge in [0.2, 0.25) is 5.91 Å². The number of carbonyl (C=O) groups is 1. The fourth-order valence-corrected chi connectivity index (χ4v) is 1.65. The van der Waals surface area contributed by atoms with E-state index in [9.17, 15) is 4.79 Å². The average molecular weight is 244 g/mol. The van der Waals surface area contributed by atoms with Crippen molar-refractivity contribution < 1.29 is 4.79 Å². The minimum absolute atomic E-state index is 0.0614. The van der Waals surface area contributed by atoms with Gasteiger partial charge in [-0.25, -0.2) is 0 Å². The maximum absolute atomic E-state index is 11.6. The highest BCUT2D eigenvalue weighted by Gasteiger charge is 2.18. The average Bonchev–Trinajstić information content (AvgIpc) is 2.31. The van der Waals surface area contributed by atoms with Gasteiger partial charge in [-0.3, -0.25) is 4.79 Å². The lowest BCUT2D eigenvalue weighted by Gasteiger charge is -2.17. The quantitative estimate of drug-likeness (QED) is 0.865. The van der Waals surface area contributed by atoms with Crippen LogP contribution in [0.5, 0.6) is 0 Å². The minimum atomic E-state index is -0.777. The third-order valence-electron chi connectivity index (χ3n) is 2.72.